The molecule has 0 bridgehead atoms. The highest BCUT2D eigenvalue weighted by atomic mass is 32.1. The minimum Gasteiger partial charge on any atom is -0.336 e. The normalized spacial score (nSPS) is 16.4. The lowest BCUT2D eigenvalue weighted by Crippen LogP contribution is -2.47. The maximum atomic E-state index is 5.44. The third-order valence-corrected chi connectivity index (χ3v) is 12.8. The van der Waals surface area contributed by atoms with E-state index in [0.29, 0.717) is 0 Å². The van der Waals surface area contributed by atoms with Gasteiger partial charge in [0.15, 0.2) is 0 Å². The van der Waals surface area contributed by atoms with Crippen molar-refractivity contribution >= 4 is 90.8 Å². The van der Waals surface area contributed by atoms with E-state index in [0.717, 1.165) is 28.1 Å². The number of hydrogen-bond donors (Lipinski definition) is 2. The number of hydrogen-bond acceptors (Lipinski definition) is 5. The molecule has 4 heterocycles. The molecule has 0 fully saturated rings. The van der Waals surface area contributed by atoms with Crippen LogP contribution in [-0.2, 0) is 0 Å². The van der Waals surface area contributed by atoms with Crippen molar-refractivity contribution in [2.75, 3.05) is 0 Å². The topological polar surface area (TPSA) is 41.4 Å². The van der Waals surface area contributed by atoms with Crippen molar-refractivity contribution in [3.05, 3.63) is 169 Å². The maximum Gasteiger partial charge on any atom is 0.206 e. The molecule has 1 aliphatic heterocycles. The van der Waals surface area contributed by atoms with Crippen LogP contribution < -0.4 is 10.6 Å². The summed E-state index contributed by atoms with van der Waals surface area (Å²) in [6.07, 6.45) is -0.428. The van der Waals surface area contributed by atoms with Gasteiger partial charge in [0, 0.05) is 41.7 Å². The van der Waals surface area contributed by atoms with E-state index in [2.05, 4.69) is 173 Å². The molecule has 11 rings (SSSR count). The van der Waals surface area contributed by atoms with Crippen molar-refractivity contribution in [2.24, 2.45) is 4.99 Å². The van der Waals surface area contributed by atoms with Crippen LogP contribution in [0.4, 0.5) is 0 Å². The zero-order chi connectivity index (χ0) is 33.5. The van der Waals surface area contributed by atoms with Crippen LogP contribution in [-0.4, -0.2) is 10.5 Å². The molecule has 6 heteroatoms. The Morgan fingerprint density at radius 3 is 1.75 bits per heavy atom. The van der Waals surface area contributed by atoms with Gasteiger partial charge in [-0.15, -0.1) is 22.7 Å². The van der Waals surface area contributed by atoms with Gasteiger partial charge in [0.25, 0.3) is 0 Å². The van der Waals surface area contributed by atoms with Crippen molar-refractivity contribution in [1.82, 2.24) is 15.2 Å². The van der Waals surface area contributed by atoms with E-state index in [9.17, 15) is 0 Å². The summed E-state index contributed by atoms with van der Waals surface area (Å²) >= 11 is 3.80. The quantitative estimate of drug-likeness (QED) is 0.194. The van der Waals surface area contributed by atoms with E-state index in [4.69, 9.17) is 4.99 Å². The van der Waals surface area contributed by atoms with Crippen LogP contribution in [0.3, 0.4) is 0 Å². The van der Waals surface area contributed by atoms with Crippen LogP contribution in [0.5, 0.6) is 0 Å². The Labute approximate surface area is 301 Å². The number of nitrogens with one attached hydrogen (secondary N) is 2. The highest BCUT2D eigenvalue weighted by Crippen LogP contribution is 2.45. The summed E-state index contributed by atoms with van der Waals surface area (Å²) in [7, 11) is 0. The Kier molecular flexibility index (Phi) is 6.46. The summed E-state index contributed by atoms with van der Waals surface area (Å²) < 4.78 is 7.66. The molecule has 0 aliphatic carbocycles. The zero-order valence-electron chi connectivity index (χ0n) is 27.4. The first kappa shape index (κ1) is 29.0. The second-order valence-electron chi connectivity index (χ2n) is 13.2. The second kappa shape index (κ2) is 11.4. The number of thiophene rings is 2. The number of nitrogens with zero attached hydrogens (tertiary/aromatic N) is 2. The van der Waals surface area contributed by atoms with Gasteiger partial charge >= 0.3 is 0 Å². The highest BCUT2D eigenvalue weighted by molar-refractivity contribution is 7.33. The predicted octanol–water partition coefficient (Wildman–Crippen LogP) is 12.0. The molecule has 1 aliphatic rings. The molecule has 242 valence electrons. The van der Waals surface area contributed by atoms with E-state index in [1.807, 2.05) is 22.7 Å². The van der Waals surface area contributed by atoms with Crippen molar-refractivity contribution in [1.29, 1.82) is 0 Å². The number of aliphatic imine (C=N–C) groups is 1. The van der Waals surface area contributed by atoms with Gasteiger partial charge < -0.3 is 5.32 Å². The van der Waals surface area contributed by atoms with Crippen LogP contribution in [0, 0.1) is 0 Å². The van der Waals surface area contributed by atoms with Gasteiger partial charge in [0.2, 0.25) is 5.96 Å². The molecular formula is C45H30N4S2. The van der Waals surface area contributed by atoms with Crippen molar-refractivity contribution in [3.63, 3.8) is 0 Å². The Balaban J connectivity index is 1.06. The maximum absolute atomic E-state index is 5.44. The number of fused-ring (bicyclic) bond motifs is 10. The minimum absolute atomic E-state index is 0.163. The summed E-state index contributed by atoms with van der Waals surface area (Å²) in [5.41, 5.74) is 6.98. The van der Waals surface area contributed by atoms with E-state index in [-0.39, 0.29) is 12.3 Å². The molecule has 3 aromatic heterocycles. The Bertz CT molecular complexity index is 2930. The molecule has 10 aromatic rings. The molecule has 0 saturated carbocycles. The molecule has 0 saturated heterocycles. The molecule has 2 N–H and O–H groups in total. The third-order valence-electron chi connectivity index (χ3n) is 10.3. The first-order chi connectivity index (χ1) is 25.3. The number of benzene rings is 7. The monoisotopic (exact) mass is 690 g/mol. The van der Waals surface area contributed by atoms with Gasteiger partial charge in [-0.25, -0.2) is 4.99 Å². The van der Waals surface area contributed by atoms with Crippen LogP contribution in [0.25, 0.3) is 73.3 Å². The SMILES string of the molecule is c1ccc(-c2ccc(C3NC(n4c5ccccc5c5ccccc54)=NC(c4ccc5c(c4)sc4c5ccc5c6ccccc6sc54)N3)cc2)cc1. The molecule has 2 atom stereocenters. The fourth-order valence-electron chi connectivity index (χ4n) is 7.85. The lowest BCUT2D eigenvalue weighted by atomic mass is 10.0. The van der Waals surface area contributed by atoms with Crippen LogP contribution in [0.15, 0.2) is 163 Å². The van der Waals surface area contributed by atoms with Crippen LogP contribution in [0.1, 0.15) is 23.5 Å². The standard InChI is InChI=1S/C45H30N4S2/c1-2-10-27(11-3-1)28-18-20-29(21-19-28)43-46-44(48-45(47-43)49-37-15-7-4-12-31(37)32-13-5-8-16-38(32)49)30-22-23-34-36-25-24-35-33-14-6-9-17-39(33)50-41(35)42(36)51-40(34)26-30/h1-26,43-44,46H,(H,47,48). The molecule has 0 amide bonds. The molecular weight excluding hydrogens is 661 g/mol. The fourth-order valence-corrected chi connectivity index (χ4v) is 10.4. The largest absolute Gasteiger partial charge is 0.336 e. The smallest absolute Gasteiger partial charge is 0.206 e. The fraction of sp³-hybridized carbons (Fsp3) is 0.0444. The average molecular weight is 691 g/mol. The van der Waals surface area contributed by atoms with Gasteiger partial charge in [-0.05, 0) is 46.5 Å². The molecule has 2 unspecified atom stereocenters. The zero-order valence-corrected chi connectivity index (χ0v) is 29.0. The number of rotatable bonds is 3. The van der Waals surface area contributed by atoms with Gasteiger partial charge in [0.05, 0.1) is 20.4 Å². The van der Waals surface area contributed by atoms with E-state index >= 15 is 0 Å². The summed E-state index contributed by atoms with van der Waals surface area (Å²) in [5.74, 6) is 0.830. The minimum atomic E-state index is -0.265. The predicted molar refractivity (Wildman–Crippen MR) is 218 cm³/mol. The first-order valence-corrected chi connectivity index (χ1v) is 18.9. The average Bonchev–Trinajstić information content (AvgIpc) is 3.87. The Hall–Kier alpha value is -5.79. The van der Waals surface area contributed by atoms with Crippen LogP contribution in [0.2, 0.25) is 0 Å². The molecule has 0 radical (unpaired) electrons. The third kappa shape index (κ3) is 4.58. The summed E-state index contributed by atoms with van der Waals surface area (Å²) in [6, 6.07) is 57.0. The molecule has 0 spiro atoms. The van der Waals surface area contributed by atoms with E-state index in [1.54, 1.807) is 0 Å². The Morgan fingerprint density at radius 1 is 0.471 bits per heavy atom. The van der Waals surface area contributed by atoms with Gasteiger partial charge in [-0.1, -0.05) is 133 Å². The highest BCUT2D eigenvalue weighted by Gasteiger charge is 2.28. The van der Waals surface area contributed by atoms with Gasteiger partial charge in [0.1, 0.15) is 12.3 Å². The van der Waals surface area contributed by atoms with Gasteiger partial charge in [-0.2, -0.15) is 0 Å². The van der Waals surface area contributed by atoms with Crippen molar-refractivity contribution in [2.45, 2.75) is 12.3 Å². The summed E-state index contributed by atoms with van der Waals surface area (Å²) in [4.78, 5) is 5.44. The Morgan fingerprint density at radius 2 is 1.02 bits per heavy atom. The first-order valence-electron chi connectivity index (χ1n) is 17.3. The van der Waals surface area contributed by atoms with Crippen LogP contribution >= 0.6 is 22.7 Å². The summed E-state index contributed by atoms with van der Waals surface area (Å²) in [6.45, 7) is 0. The van der Waals surface area contributed by atoms with Gasteiger partial charge in [-0.3, -0.25) is 9.88 Å². The van der Waals surface area contributed by atoms with E-state index in [1.165, 1.54) is 62.2 Å². The molecule has 4 nitrogen and oxygen atoms in total. The lowest BCUT2D eigenvalue weighted by molar-refractivity contribution is 0.403. The molecule has 7 aromatic carbocycles. The lowest BCUT2D eigenvalue weighted by Gasteiger charge is -2.32. The second-order valence-corrected chi connectivity index (χ2v) is 15.3. The molecule has 51 heavy (non-hydrogen) atoms. The van der Waals surface area contributed by atoms with Crippen molar-refractivity contribution in [3.8, 4) is 11.1 Å². The van der Waals surface area contributed by atoms with Crippen molar-refractivity contribution < 1.29 is 0 Å². The van der Waals surface area contributed by atoms with E-state index < -0.39 is 0 Å². The number of para-hydroxylation sites is 2. The number of aromatic nitrogens is 1. The summed E-state index contributed by atoms with van der Waals surface area (Å²) in [5, 5.41) is 15.4.